The number of nitrogens with zero attached hydrogens (tertiary/aromatic N) is 1. The van der Waals surface area contributed by atoms with Crippen LogP contribution in [-0.4, -0.2) is 42.9 Å². The van der Waals surface area contributed by atoms with Crippen molar-refractivity contribution in [3.63, 3.8) is 0 Å². The Bertz CT molecular complexity index is 967. The maximum atomic E-state index is 13.1. The van der Waals surface area contributed by atoms with Gasteiger partial charge in [0.15, 0.2) is 5.96 Å². The highest BCUT2D eigenvalue weighted by molar-refractivity contribution is 6.06. The summed E-state index contributed by atoms with van der Waals surface area (Å²) in [6.07, 6.45) is 1.55. The highest BCUT2D eigenvalue weighted by atomic mass is 19.1. The molecule has 0 bridgehead atoms. The van der Waals surface area contributed by atoms with Crippen molar-refractivity contribution in [1.29, 1.82) is 5.41 Å². The van der Waals surface area contributed by atoms with E-state index < -0.39 is 11.9 Å². The molecule has 1 saturated heterocycles. The van der Waals surface area contributed by atoms with E-state index in [9.17, 15) is 14.0 Å². The number of methoxy groups -OCH3 is 1. The fraction of sp³-hybridized carbons (Fsp3) is 0.318. The summed E-state index contributed by atoms with van der Waals surface area (Å²) in [6.45, 7) is 3.11. The van der Waals surface area contributed by atoms with Gasteiger partial charge in [0.1, 0.15) is 11.6 Å². The lowest BCUT2D eigenvalue weighted by atomic mass is 9.85. The van der Waals surface area contributed by atoms with Gasteiger partial charge >= 0.3 is 0 Å². The van der Waals surface area contributed by atoms with E-state index in [1.54, 1.807) is 11.0 Å². The van der Waals surface area contributed by atoms with Gasteiger partial charge in [0.25, 0.3) is 11.8 Å². The van der Waals surface area contributed by atoms with Gasteiger partial charge < -0.3 is 15.4 Å². The monoisotopic (exact) mass is 412 g/mol. The van der Waals surface area contributed by atoms with Crippen molar-refractivity contribution in [2.75, 3.05) is 20.2 Å². The van der Waals surface area contributed by atoms with Gasteiger partial charge in [0, 0.05) is 18.7 Å². The molecule has 0 atom stereocenters. The molecule has 2 aromatic rings. The first-order valence-corrected chi connectivity index (χ1v) is 9.69. The van der Waals surface area contributed by atoms with E-state index in [4.69, 9.17) is 15.9 Å². The summed E-state index contributed by atoms with van der Waals surface area (Å²) in [6, 6.07) is 9.18. The number of ether oxygens (including phenoxy) is 1. The van der Waals surface area contributed by atoms with Gasteiger partial charge in [-0.25, -0.2) is 4.39 Å². The number of piperidine rings is 1. The third kappa shape index (κ3) is 4.59. The average Bonchev–Trinajstić information content (AvgIpc) is 2.73. The summed E-state index contributed by atoms with van der Waals surface area (Å²) in [4.78, 5) is 26.7. The molecule has 0 spiro atoms. The second-order valence-corrected chi connectivity index (χ2v) is 7.35. The van der Waals surface area contributed by atoms with Gasteiger partial charge in [-0.2, -0.15) is 0 Å². The molecule has 2 amide bonds. The van der Waals surface area contributed by atoms with Gasteiger partial charge in [-0.15, -0.1) is 0 Å². The number of hydrogen-bond donors (Lipinski definition) is 3. The smallest absolute Gasteiger partial charge is 0.261 e. The zero-order chi connectivity index (χ0) is 21.8. The molecule has 30 heavy (non-hydrogen) atoms. The fourth-order valence-corrected chi connectivity index (χ4v) is 3.85. The zero-order valence-corrected chi connectivity index (χ0v) is 17.0. The van der Waals surface area contributed by atoms with E-state index in [-0.39, 0.29) is 17.6 Å². The highest BCUT2D eigenvalue weighted by Crippen LogP contribution is 2.34. The first-order valence-electron chi connectivity index (χ1n) is 9.69. The molecule has 0 saturated carbocycles. The van der Waals surface area contributed by atoms with Crippen LogP contribution in [0.5, 0.6) is 5.75 Å². The Morgan fingerprint density at radius 3 is 2.40 bits per heavy atom. The van der Waals surface area contributed by atoms with Gasteiger partial charge in [0.2, 0.25) is 0 Å². The van der Waals surface area contributed by atoms with E-state index in [0.29, 0.717) is 30.0 Å². The van der Waals surface area contributed by atoms with Crippen LogP contribution in [0.1, 0.15) is 50.6 Å². The minimum absolute atomic E-state index is 0.0981. The topological polar surface area (TPSA) is 109 Å². The van der Waals surface area contributed by atoms with Crippen LogP contribution in [0.4, 0.5) is 4.39 Å². The Kier molecular flexibility index (Phi) is 6.34. The van der Waals surface area contributed by atoms with E-state index in [2.05, 4.69) is 5.32 Å². The van der Waals surface area contributed by atoms with E-state index in [1.807, 2.05) is 13.0 Å². The lowest BCUT2D eigenvalue weighted by Crippen LogP contribution is -2.38. The number of aryl methyl sites for hydroxylation is 1. The molecule has 1 aliphatic heterocycles. The molecule has 0 aliphatic carbocycles. The Labute approximate surface area is 174 Å². The predicted octanol–water partition coefficient (Wildman–Crippen LogP) is 2.79. The zero-order valence-electron chi connectivity index (χ0n) is 17.0. The molecule has 1 heterocycles. The summed E-state index contributed by atoms with van der Waals surface area (Å²) in [5, 5.41) is 9.51. The number of nitrogens with two attached hydrogens (primary N) is 1. The van der Waals surface area contributed by atoms with E-state index in [1.165, 1.54) is 31.4 Å². The molecule has 158 valence electrons. The number of amides is 2. The maximum absolute atomic E-state index is 13.1. The van der Waals surface area contributed by atoms with Crippen molar-refractivity contribution in [3.05, 3.63) is 64.5 Å². The molecule has 7 nitrogen and oxygen atoms in total. The molecule has 3 rings (SSSR count). The normalized spacial score (nSPS) is 14.3. The van der Waals surface area contributed by atoms with E-state index in [0.717, 1.165) is 24.0 Å². The summed E-state index contributed by atoms with van der Waals surface area (Å²) in [5.41, 5.74) is 8.06. The summed E-state index contributed by atoms with van der Waals surface area (Å²) >= 11 is 0. The van der Waals surface area contributed by atoms with Crippen molar-refractivity contribution < 1.29 is 18.7 Å². The lowest BCUT2D eigenvalue weighted by molar-refractivity contribution is 0.0712. The quantitative estimate of drug-likeness (QED) is 0.530. The number of likely N-dealkylation sites (tertiary alicyclic amines) is 1. The number of benzene rings is 2. The number of nitrogens with one attached hydrogen (secondary N) is 2. The SMILES string of the molecule is COc1cc(C2CCN(C(=O)c3ccc(F)cc3)CC2)c(C)cc1C(=O)NC(=N)N. The van der Waals surface area contributed by atoms with Crippen molar-refractivity contribution in [3.8, 4) is 5.75 Å². The fourth-order valence-electron chi connectivity index (χ4n) is 3.85. The number of carbonyl (C=O) groups excluding carboxylic acids is 2. The standard InChI is InChI=1S/C22H25FN4O3/c1-13-11-18(20(28)26-22(24)25)19(30-2)12-17(13)14-7-9-27(10-8-14)21(29)15-3-5-16(23)6-4-15/h3-6,11-12,14H,7-10H2,1-2H3,(H4,24,25,26,28). The molecule has 1 aliphatic rings. The molecule has 0 radical (unpaired) electrons. The maximum Gasteiger partial charge on any atom is 0.261 e. The van der Waals surface area contributed by atoms with Crippen LogP contribution in [0.25, 0.3) is 0 Å². The van der Waals surface area contributed by atoms with Crippen molar-refractivity contribution in [2.24, 2.45) is 5.73 Å². The second-order valence-electron chi connectivity index (χ2n) is 7.35. The third-order valence-corrected chi connectivity index (χ3v) is 5.39. The van der Waals surface area contributed by atoms with Crippen LogP contribution in [0.15, 0.2) is 36.4 Å². The van der Waals surface area contributed by atoms with Crippen molar-refractivity contribution in [1.82, 2.24) is 10.2 Å². The van der Waals surface area contributed by atoms with Gasteiger partial charge in [-0.3, -0.25) is 20.3 Å². The minimum atomic E-state index is -0.492. The van der Waals surface area contributed by atoms with Crippen LogP contribution in [0, 0.1) is 18.2 Å². The van der Waals surface area contributed by atoms with Crippen LogP contribution in [0.3, 0.4) is 0 Å². The van der Waals surface area contributed by atoms with Crippen molar-refractivity contribution in [2.45, 2.75) is 25.7 Å². The van der Waals surface area contributed by atoms with Crippen LogP contribution >= 0.6 is 0 Å². The Morgan fingerprint density at radius 2 is 1.83 bits per heavy atom. The van der Waals surface area contributed by atoms with E-state index >= 15 is 0 Å². The largest absolute Gasteiger partial charge is 0.496 e. The second kappa shape index (κ2) is 8.94. The predicted molar refractivity (Wildman–Crippen MR) is 111 cm³/mol. The summed E-state index contributed by atoms with van der Waals surface area (Å²) in [5.74, 6) is -0.745. The number of rotatable bonds is 4. The molecule has 1 fully saturated rings. The highest BCUT2D eigenvalue weighted by Gasteiger charge is 2.27. The summed E-state index contributed by atoms with van der Waals surface area (Å²) in [7, 11) is 1.49. The van der Waals surface area contributed by atoms with Gasteiger partial charge in [-0.05, 0) is 73.2 Å². The van der Waals surface area contributed by atoms with Gasteiger partial charge in [0.05, 0.1) is 12.7 Å². The first kappa shape index (κ1) is 21.3. The molecule has 0 unspecified atom stereocenters. The minimum Gasteiger partial charge on any atom is -0.496 e. The van der Waals surface area contributed by atoms with Crippen LogP contribution < -0.4 is 15.8 Å². The van der Waals surface area contributed by atoms with Crippen LogP contribution in [-0.2, 0) is 0 Å². The molecule has 0 aromatic heterocycles. The molecule has 2 aromatic carbocycles. The summed E-state index contributed by atoms with van der Waals surface area (Å²) < 4.78 is 18.5. The lowest BCUT2D eigenvalue weighted by Gasteiger charge is -2.33. The molecular formula is C22H25FN4O3. The molecular weight excluding hydrogens is 387 g/mol. The first-order chi connectivity index (χ1) is 14.3. The number of carbonyl (C=O) groups is 2. The van der Waals surface area contributed by atoms with Crippen LogP contribution in [0.2, 0.25) is 0 Å². The molecule has 4 N–H and O–H groups in total. The Balaban J connectivity index is 1.73. The van der Waals surface area contributed by atoms with Crippen molar-refractivity contribution >= 4 is 17.8 Å². The Morgan fingerprint density at radius 1 is 1.20 bits per heavy atom. The Hall–Kier alpha value is -3.42. The average molecular weight is 412 g/mol. The number of halogens is 1. The number of guanidine groups is 1. The number of hydrogen-bond acceptors (Lipinski definition) is 4. The van der Waals surface area contributed by atoms with Gasteiger partial charge in [-0.1, -0.05) is 0 Å². The third-order valence-electron chi connectivity index (χ3n) is 5.39. The molecule has 8 heteroatoms.